The molecule has 0 aliphatic heterocycles. The Morgan fingerprint density at radius 3 is 2.45 bits per heavy atom. The number of rotatable bonds is 6. The molecule has 1 aromatic carbocycles. The molecule has 1 aromatic rings. The molecule has 0 aliphatic carbocycles. The van der Waals surface area contributed by atoms with E-state index in [0.717, 1.165) is 0 Å². The summed E-state index contributed by atoms with van der Waals surface area (Å²) < 4.78 is 40.4. The third-order valence-electron chi connectivity index (χ3n) is 2.89. The normalized spacial score (nSPS) is 13.1. The third kappa shape index (κ3) is 6.34. The van der Waals surface area contributed by atoms with E-state index in [2.05, 4.69) is 4.74 Å². The van der Waals surface area contributed by atoms with E-state index < -0.39 is 12.5 Å². The van der Waals surface area contributed by atoms with Gasteiger partial charge in [-0.15, -0.1) is 13.2 Å². The van der Waals surface area contributed by atoms with Gasteiger partial charge in [0.1, 0.15) is 5.75 Å². The molecule has 1 amide bonds. The first kappa shape index (κ1) is 18.3. The minimum Gasteiger partial charge on any atom is -0.406 e. The average molecular weight is 319 g/mol. The Bertz CT molecular complexity index is 501. The lowest BCUT2D eigenvalue weighted by Gasteiger charge is -2.28. The van der Waals surface area contributed by atoms with Crippen LogP contribution in [0.5, 0.6) is 5.75 Å². The maximum atomic E-state index is 12.2. The number of hydrogen-bond acceptors (Lipinski definition) is 3. The van der Waals surface area contributed by atoms with Gasteiger partial charge < -0.3 is 14.7 Å². The van der Waals surface area contributed by atoms with Crippen molar-refractivity contribution in [2.45, 2.75) is 45.7 Å². The molecule has 0 heterocycles. The van der Waals surface area contributed by atoms with Crippen LogP contribution in [0.3, 0.4) is 0 Å². The van der Waals surface area contributed by atoms with E-state index in [1.54, 1.807) is 13.0 Å². The summed E-state index contributed by atoms with van der Waals surface area (Å²) in [5.74, 6) is -0.621. The Labute approximate surface area is 127 Å². The highest BCUT2D eigenvalue weighted by Crippen LogP contribution is 2.23. The van der Waals surface area contributed by atoms with Gasteiger partial charge in [-0.3, -0.25) is 4.79 Å². The number of ether oxygens (including phenoxy) is 1. The molecule has 0 aromatic heterocycles. The van der Waals surface area contributed by atoms with Gasteiger partial charge in [0.15, 0.2) is 0 Å². The van der Waals surface area contributed by atoms with Crippen molar-refractivity contribution < 1.29 is 27.8 Å². The van der Waals surface area contributed by atoms with Crippen LogP contribution in [0, 0.1) is 0 Å². The first-order chi connectivity index (χ1) is 10.1. The molecular weight excluding hydrogens is 299 g/mol. The molecule has 1 N–H and O–H groups in total. The summed E-state index contributed by atoms with van der Waals surface area (Å²) >= 11 is 0. The van der Waals surface area contributed by atoms with Gasteiger partial charge in [-0.05, 0) is 38.5 Å². The summed E-state index contributed by atoms with van der Waals surface area (Å²) in [4.78, 5) is 13.7. The summed E-state index contributed by atoms with van der Waals surface area (Å²) in [6.07, 6.45) is -5.50. The van der Waals surface area contributed by atoms with Crippen LogP contribution in [0.15, 0.2) is 24.3 Å². The molecule has 0 saturated carbocycles. The van der Waals surface area contributed by atoms with Crippen LogP contribution < -0.4 is 4.74 Å². The number of benzene rings is 1. The topological polar surface area (TPSA) is 49.8 Å². The van der Waals surface area contributed by atoms with Gasteiger partial charge in [0.2, 0.25) is 5.91 Å². The second-order valence-electron chi connectivity index (χ2n) is 5.36. The lowest BCUT2D eigenvalue weighted by molar-refractivity contribution is -0.274. The van der Waals surface area contributed by atoms with Crippen molar-refractivity contribution in [3.63, 3.8) is 0 Å². The van der Waals surface area contributed by atoms with E-state index in [4.69, 9.17) is 0 Å². The molecule has 0 saturated heterocycles. The average Bonchev–Trinajstić information content (AvgIpc) is 2.33. The minimum atomic E-state index is -4.76. The van der Waals surface area contributed by atoms with Gasteiger partial charge in [-0.1, -0.05) is 12.1 Å². The van der Waals surface area contributed by atoms with Crippen molar-refractivity contribution in [2.24, 2.45) is 0 Å². The van der Waals surface area contributed by atoms with Crippen molar-refractivity contribution in [3.05, 3.63) is 29.8 Å². The number of amides is 1. The third-order valence-corrected chi connectivity index (χ3v) is 2.89. The van der Waals surface area contributed by atoms with Crippen LogP contribution in [0.1, 0.15) is 26.3 Å². The SMILES string of the molecule is CC(O)CN(C(=O)Cc1cccc(OC(F)(F)F)c1)C(C)C. The molecule has 0 spiro atoms. The maximum Gasteiger partial charge on any atom is 0.573 e. The summed E-state index contributed by atoms with van der Waals surface area (Å²) in [7, 11) is 0. The van der Waals surface area contributed by atoms with E-state index >= 15 is 0 Å². The first-order valence-corrected chi connectivity index (χ1v) is 6.90. The van der Waals surface area contributed by atoms with Crippen molar-refractivity contribution in [2.75, 3.05) is 6.54 Å². The predicted octanol–water partition coefficient (Wildman–Crippen LogP) is 2.75. The lowest BCUT2D eigenvalue weighted by Crippen LogP contribution is -2.42. The molecule has 4 nitrogen and oxygen atoms in total. The highest BCUT2D eigenvalue weighted by molar-refractivity contribution is 5.79. The van der Waals surface area contributed by atoms with Gasteiger partial charge in [0.25, 0.3) is 0 Å². The highest BCUT2D eigenvalue weighted by atomic mass is 19.4. The molecule has 0 aliphatic rings. The van der Waals surface area contributed by atoms with Crippen LogP contribution in [-0.2, 0) is 11.2 Å². The quantitative estimate of drug-likeness (QED) is 0.877. The predicted molar refractivity (Wildman–Crippen MR) is 75.4 cm³/mol. The molecule has 124 valence electrons. The van der Waals surface area contributed by atoms with Crippen LogP contribution in [-0.4, -0.2) is 41.0 Å². The van der Waals surface area contributed by atoms with E-state index in [9.17, 15) is 23.1 Å². The van der Waals surface area contributed by atoms with Gasteiger partial charge in [0.05, 0.1) is 12.5 Å². The molecule has 22 heavy (non-hydrogen) atoms. The molecule has 0 bridgehead atoms. The van der Waals surface area contributed by atoms with E-state index in [1.807, 2.05) is 13.8 Å². The number of halogens is 3. The number of carbonyl (C=O) groups is 1. The van der Waals surface area contributed by atoms with Crippen molar-refractivity contribution in [3.8, 4) is 5.75 Å². The Hall–Kier alpha value is -1.76. The van der Waals surface area contributed by atoms with Crippen molar-refractivity contribution >= 4 is 5.91 Å². The van der Waals surface area contributed by atoms with Crippen molar-refractivity contribution in [1.82, 2.24) is 4.90 Å². The molecule has 0 fully saturated rings. The smallest absolute Gasteiger partial charge is 0.406 e. The second kappa shape index (κ2) is 7.49. The Kier molecular flexibility index (Phi) is 6.22. The Balaban J connectivity index is 2.80. The Morgan fingerprint density at radius 1 is 1.32 bits per heavy atom. The summed E-state index contributed by atoms with van der Waals surface area (Å²) in [6, 6.07) is 5.21. The van der Waals surface area contributed by atoms with Crippen LogP contribution >= 0.6 is 0 Å². The Morgan fingerprint density at radius 2 is 1.95 bits per heavy atom. The zero-order chi connectivity index (χ0) is 16.9. The highest BCUT2D eigenvalue weighted by Gasteiger charge is 2.31. The fraction of sp³-hybridized carbons (Fsp3) is 0.533. The lowest BCUT2D eigenvalue weighted by atomic mass is 10.1. The summed E-state index contributed by atoms with van der Waals surface area (Å²) in [5.41, 5.74) is 0.419. The second-order valence-corrected chi connectivity index (χ2v) is 5.36. The van der Waals surface area contributed by atoms with Gasteiger partial charge in [-0.2, -0.15) is 0 Å². The van der Waals surface area contributed by atoms with Gasteiger partial charge in [-0.25, -0.2) is 0 Å². The van der Waals surface area contributed by atoms with Gasteiger partial charge >= 0.3 is 6.36 Å². The van der Waals surface area contributed by atoms with Crippen LogP contribution in [0.4, 0.5) is 13.2 Å². The molecule has 7 heteroatoms. The van der Waals surface area contributed by atoms with Gasteiger partial charge in [0, 0.05) is 12.6 Å². The summed E-state index contributed by atoms with van der Waals surface area (Å²) in [5, 5.41) is 9.42. The zero-order valence-corrected chi connectivity index (χ0v) is 12.7. The number of hydrogen-bond donors (Lipinski definition) is 1. The molecule has 1 unspecified atom stereocenters. The standard InChI is InChI=1S/C15H20F3NO3/c1-10(2)19(9-11(3)20)14(21)8-12-5-4-6-13(7-12)22-15(16,17)18/h4-7,10-11,20H,8-9H2,1-3H3. The fourth-order valence-electron chi connectivity index (χ4n) is 2.01. The molecule has 1 rings (SSSR count). The van der Waals surface area contributed by atoms with Crippen LogP contribution in [0.2, 0.25) is 0 Å². The number of carbonyl (C=O) groups excluding carboxylic acids is 1. The number of alkyl halides is 3. The number of aliphatic hydroxyl groups excluding tert-OH is 1. The first-order valence-electron chi connectivity index (χ1n) is 6.90. The zero-order valence-electron chi connectivity index (χ0n) is 12.7. The molecule has 0 radical (unpaired) electrons. The van der Waals surface area contributed by atoms with Crippen molar-refractivity contribution in [1.29, 1.82) is 0 Å². The van der Waals surface area contributed by atoms with E-state index in [-0.39, 0.29) is 30.7 Å². The number of nitrogens with zero attached hydrogens (tertiary/aromatic N) is 1. The largest absolute Gasteiger partial charge is 0.573 e. The fourth-order valence-corrected chi connectivity index (χ4v) is 2.01. The van der Waals surface area contributed by atoms with E-state index in [0.29, 0.717) is 5.56 Å². The molecular formula is C15H20F3NO3. The minimum absolute atomic E-state index is 0.0556. The van der Waals surface area contributed by atoms with E-state index in [1.165, 1.54) is 23.1 Å². The van der Waals surface area contributed by atoms with Crippen LogP contribution in [0.25, 0.3) is 0 Å². The molecule has 1 atom stereocenters. The number of aliphatic hydroxyl groups is 1. The maximum absolute atomic E-state index is 12.2. The summed E-state index contributed by atoms with van der Waals surface area (Å²) in [6.45, 7) is 5.36. The monoisotopic (exact) mass is 319 g/mol.